The Morgan fingerprint density at radius 2 is 2.00 bits per heavy atom. The number of methoxy groups -OCH3 is 1. The van der Waals surface area contributed by atoms with Crippen molar-refractivity contribution in [3.63, 3.8) is 0 Å². The predicted octanol–water partition coefficient (Wildman–Crippen LogP) is 4.42. The van der Waals surface area contributed by atoms with Crippen molar-refractivity contribution in [2.75, 3.05) is 14.2 Å². The highest BCUT2D eigenvalue weighted by atomic mass is 79.9. The molecule has 100 valence electrons. The van der Waals surface area contributed by atoms with Crippen LogP contribution in [0.4, 0.5) is 0 Å². The molecule has 4 heteroatoms. The molecular weight excluding hydrogens is 326 g/mol. The Morgan fingerprint density at radius 1 is 1.21 bits per heavy atom. The van der Waals surface area contributed by atoms with Crippen LogP contribution in [0.2, 0.25) is 5.02 Å². The van der Waals surface area contributed by atoms with Crippen LogP contribution in [0.15, 0.2) is 46.9 Å². The number of nitrogens with one attached hydrogen (secondary N) is 1. The van der Waals surface area contributed by atoms with E-state index in [-0.39, 0.29) is 6.04 Å². The van der Waals surface area contributed by atoms with E-state index in [0.717, 1.165) is 21.3 Å². The van der Waals surface area contributed by atoms with Gasteiger partial charge in [0.1, 0.15) is 5.75 Å². The highest BCUT2D eigenvalue weighted by molar-refractivity contribution is 9.10. The molecule has 0 aliphatic rings. The molecule has 0 aromatic heterocycles. The van der Waals surface area contributed by atoms with Crippen molar-refractivity contribution < 1.29 is 4.74 Å². The Kier molecular flexibility index (Phi) is 4.86. The molecule has 2 rings (SSSR count). The second kappa shape index (κ2) is 6.42. The van der Waals surface area contributed by atoms with Gasteiger partial charge in [-0.15, -0.1) is 0 Å². The summed E-state index contributed by atoms with van der Waals surface area (Å²) in [6, 6.07) is 13.9. The second-order valence-electron chi connectivity index (χ2n) is 4.16. The number of hydrogen-bond donors (Lipinski definition) is 1. The summed E-state index contributed by atoms with van der Waals surface area (Å²) in [5.74, 6) is 0.823. The van der Waals surface area contributed by atoms with Gasteiger partial charge in [-0.2, -0.15) is 0 Å². The van der Waals surface area contributed by atoms with Gasteiger partial charge in [0, 0.05) is 15.1 Å². The molecule has 1 atom stereocenters. The van der Waals surface area contributed by atoms with Gasteiger partial charge in [0.05, 0.1) is 13.2 Å². The fraction of sp³-hybridized carbons (Fsp3) is 0.200. The quantitative estimate of drug-likeness (QED) is 0.889. The van der Waals surface area contributed by atoms with Crippen LogP contribution in [0, 0.1) is 0 Å². The molecule has 0 radical (unpaired) electrons. The summed E-state index contributed by atoms with van der Waals surface area (Å²) in [4.78, 5) is 0. The molecule has 0 saturated heterocycles. The largest absolute Gasteiger partial charge is 0.496 e. The third-order valence-corrected chi connectivity index (χ3v) is 3.70. The SMILES string of the molecule is CNC(c1cccc(Br)c1)c1cc(Cl)ccc1OC. The summed E-state index contributed by atoms with van der Waals surface area (Å²) in [6.07, 6.45) is 0. The fourth-order valence-corrected chi connectivity index (χ4v) is 2.72. The molecule has 2 aromatic rings. The van der Waals surface area contributed by atoms with Crippen LogP contribution in [0.5, 0.6) is 5.75 Å². The Bertz CT molecular complexity index is 574. The molecule has 0 heterocycles. The minimum Gasteiger partial charge on any atom is -0.496 e. The van der Waals surface area contributed by atoms with Crippen LogP contribution < -0.4 is 10.1 Å². The van der Waals surface area contributed by atoms with Crippen molar-refractivity contribution in [2.45, 2.75) is 6.04 Å². The fourth-order valence-electron chi connectivity index (χ4n) is 2.12. The minimum atomic E-state index is 0.0335. The van der Waals surface area contributed by atoms with Crippen molar-refractivity contribution in [1.82, 2.24) is 5.32 Å². The molecule has 2 aromatic carbocycles. The first-order valence-electron chi connectivity index (χ1n) is 5.92. The molecule has 0 saturated carbocycles. The standard InChI is InChI=1S/C15H15BrClNO/c1-18-15(10-4-3-5-11(16)8-10)13-9-12(17)6-7-14(13)19-2/h3-9,15,18H,1-2H3. The normalized spacial score (nSPS) is 12.2. The third kappa shape index (κ3) is 3.30. The monoisotopic (exact) mass is 339 g/mol. The van der Waals surface area contributed by atoms with Crippen LogP contribution in [0.1, 0.15) is 17.2 Å². The lowest BCUT2D eigenvalue weighted by Crippen LogP contribution is -2.18. The van der Waals surface area contributed by atoms with Crippen LogP contribution in [0.25, 0.3) is 0 Å². The Balaban J connectivity index is 2.50. The minimum absolute atomic E-state index is 0.0335. The van der Waals surface area contributed by atoms with E-state index in [1.807, 2.05) is 37.4 Å². The van der Waals surface area contributed by atoms with E-state index >= 15 is 0 Å². The highest BCUT2D eigenvalue weighted by Crippen LogP contribution is 2.32. The van der Waals surface area contributed by atoms with E-state index in [2.05, 4.69) is 33.4 Å². The summed E-state index contributed by atoms with van der Waals surface area (Å²) in [7, 11) is 3.59. The maximum atomic E-state index is 6.10. The van der Waals surface area contributed by atoms with Crippen molar-refractivity contribution in [3.8, 4) is 5.75 Å². The summed E-state index contributed by atoms with van der Waals surface area (Å²) in [5, 5.41) is 4.00. The van der Waals surface area contributed by atoms with Gasteiger partial charge in [-0.05, 0) is 42.9 Å². The van der Waals surface area contributed by atoms with E-state index < -0.39 is 0 Å². The first-order chi connectivity index (χ1) is 9.15. The van der Waals surface area contributed by atoms with Crippen LogP contribution in [-0.4, -0.2) is 14.2 Å². The van der Waals surface area contributed by atoms with Gasteiger partial charge in [-0.1, -0.05) is 39.7 Å². The molecule has 0 spiro atoms. The smallest absolute Gasteiger partial charge is 0.124 e. The molecule has 0 bridgehead atoms. The maximum Gasteiger partial charge on any atom is 0.124 e. The van der Waals surface area contributed by atoms with Gasteiger partial charge in [0.15, 0.2) is 0 Å². The molecule has 19 heavy (non-hydrogen) atoms. The molecule has 2 nitrogen and oxygen atoms in total. The lowest BCUT2D eigenvalue weighted by atomic mass is 9.98. The lowest BCUT2D eigenvalue weighted by Gasteiger charge is -2.20. The summed E-state index contributed by atoms with van der Waals surface area (Å²) < 4.78 is 6.47. The van der Waals surface area contributed by atoms with Gasteiger partial charge >= 0.3 is 0 Å². The van der Waals surface area contributed by atoms with E-state index in [1.54, 1.807) is 7.11 Å². The number of hydrogen-bond acceptors (Lipinski definition) is 2. The van der Waals surface area contributed by atoms with E-state index in [1.165, 1.54) is 0 Å². The zero-order valence-electron chi connectivity index (χ0n) is 10.8. The Morgan fingerprint density at radius 3 is 2.63 bits per heavy atom. The Labute approximate surface area is 126 Å². The van der Waals surface area contributed by atoms with E-state index in [9.17, 15) is 0 Å². The van der Waals surface area contributed by atoms with E-state index in [4.69, 9.17) is 16.3 Å². The van der Waals surface area contributed by atoms with Gasteiger partial charge in [0.2, 0.25) is 0 Å². The molecule has 1 unspecified atom stereocenters. The van der Waals surface area contributed by atoms with Gasteiger partial charge in [-0.25, -0.2) is 0 Å². The average molecular weight is 341 g/mol. The number of ether oxygens (including phenoxy) is 1. The highest BCUT2D eigenvalue weighted by Gasteiger charge is 2.17. The summed E-state index contributed by atoms with van der Waals surface area (Å²) in [5.41, 5.74) is 2.17. The number of benzene rings is 2. The maximum absolute atomic E-state index is 6.10. The van der Waals surface area contributed by atoms with Gasteiger partial charge in [-0.3, -0.25) is 0 Å². The van der Waals surface area contributed by atoms with E-state index in [0.29, 0.717) is 5.02 Å². The zero-order valence-corrected chi connectivity index (χ0v) is 13.1. The van der Waals surface area contributed by atoms with Crippen molar-refractivity contribution >= 4 is 27.5 Å². The van der Waals surface area contributed by atoms with Crippen LogP contribution >= 0.6 is 27.5 Å². The Hall–Kier alpha value is -1.03. The van der Waals surface area contributed by atoms with Gasteiger partial charge < -0.3 is 10.1 Å². The molecule has 0 fully saturated rings. The average Bonchev–Trinajstić information content (AvgIpc) is 2.40. The first kappa shape index (κ1) is 14.4. The molecule has 1 N–H and O–H groups in total. The number of halogens is 2. The van der Waals surface area contributed by atoms with Gasteiger partial charge in [0.25, 0.3) is 0 Å². The van der Waals surface area contributed by atoms with Crippen LogP contribution in [0.3, 0.4) is 0 Å². The number of rotatable bonds is 4. The molecule has 0 amide bonds. The lowest BCUT2D eigenvalue weighted by molar-refractivity contribution is 0.405. The molecule has 0 aliphatic heterocycles. The third-order valence-electron chi connectivity index (χ3n) is 2.97. The molecular formula is C15H15BrClNO. The molecule has 0 aliphatic carbocycles. The predicted molar refractivity (Wildman–Crippen MR) is 83.0 cm³/mol. The summed E-state index contributed by atoms with van der Waals surface area (Å²) >= 11 is 9.60. The topological polar surface area (TPSA) is 21.3 Å². The zero-order chi connectivity index (χ0) is 13.8. The van der Waals surface area contributed by atoms with Crippen molar-refractivity contribution in [3.05, 3.63) is 63.1 Å². The van der Waals surface area contributed by atoms with Crippen LogP contribution in [-0.2, 0) is 0 Å². The van der Waals surface area contributed by atoms with Crippen molar-refractivity contribution in [2.24, 2.45) is 0 Å². The first-order valence-corrected chi connectivity index (χ1v) is 7.09. The van der Waals surface area contributed by atoms with Crippen molar-refractivity contribution in [1.29, 1.82) is 0 Å². The second-order valence-corrected chi connectivity index (χ2v) is 5.52. The summed E-state index contributed by atoms with van der Waals surface area (Å²) in [6.45, 7) is 0.